The zero-order valence-corrected chi connectivity index (χ0v) is 14.7. The van der Waals surface area contributed by atoms with E-state index in [1.165, 1.54) is 10.4 Å². The molecular weight excluding hydrogens is 308 g/mol. The fraction of sp³-hybridized carbons (Fsp3) is 0.412. The third-order valence-electron chi connectivity index (χ3n) is 3.35. The fourth-order valence-electron chi connectivity index (χ4n) is 2.04. The van der Waals surface area contributed by atoms with Gasteiger partial charge in [0.25, 0.3) is 0 Å². The Balaban J connectivity index is 1.89. The normalized spacial score (nSPS) is 11.3. The van der Waals surface area contributed by atoms with Crippen LogP contribution in [0.5, 0.6) is 5.88 Å². The second kappa shape index (κ2) is 9.15. The number of nitrogens with zero attached hydrogens (tertiary/aromatic N) is 2. The molecule has 5 nitrogen and oxygen atoms in total. The molecule has 0 amide bonds. The number of aliphatic imine (C=N–C) groups is 1. The van der Waals surface area contributed by atoms with Crippen molar-refractivity contribution >= 4 is 17.3 Å². The summed E-state index contributed by atoms with van der Waals surface area (Å²) in [6.07, 6.45) is 2.72. The van der Waals surface area contributed by atoms with Gasteiger partial charge in [0.15, 0.2) is 5.96 Å². The number of hydrogen-bond donors (Lipinski definition) is 2. The van der Waals surface area contributed by atoms with Gasteiger partial charge in [-0.3, -0.25) is 4.99 Å². The molecule has 2 N–H and O–H groups in total. The predicted molar refractivity (Wildman–Crippen MR) is 96.1 cm³/mol. The van der Waals surface area contributed by atoms with Gasteiger partial charge in [0, 0.05) is 30.2 Å². The lowest BCUT2D eigenvalue weighted by atomic mass is 10.2. The summed E-state index contributed by atoms with van der Waals surface area (Å²) >= 11 is 1.75. The van der Waals surface area contributed by atoms with Gasteiger partial charge < -0.3 is 15.4 Å². The molecule has 2 aromatic heterocycles. The first-order valence-corrected chi connectivity index (χ1v) is 8.66. The van der Waals surface area contributed by atoms with Gasteiger partial charge in [-0.2, -0.15) is 0 Å². The molecule has 0 fully saturated rings. The maximum atomic E-state index is 5.68. The van der Waals surface area contributed by atoms with E-state index in [0.717, 1.165) is 24.5 Å². The van der Waals surface area contributed by atoms with Crippen LogP contribution in [0.4, 0.5) is 0 Å². The number of rotatable bonds is 7. The molecular formula is C17H24N4OS. The van der Waals surface area contributed by atoms with Gasteiger partial charge >= 0.3 is 0 Å². The first-order chi connectivity index (χ1) is 11.2. The summed E-state index contributed by atoms with van der Waals surface area (Å²) in [5.74, 6) is 1.45. The lowest BCUT2D eigenvalue weighted by Gasteiger charge is -2.13. The highest BCUT2D eigenvalue weighted by molar-refractivity contribution is 7.10. The lowest BCUT2D eigenvalue weighted by molar-refractivity contribution is 0.301. The van der Waals surface area contributed by atoms with Crippen LogP contribution in [0.1, 0.15) is 29.3 Å². The van der Waals surface area contributed by atoms with Crippen molar-refractivity contribution in [2.24, 2.45) is 4.99 Å². The number of hydrogen-bond acceptors (Lipinski definition) is 4. The highest BCUT2D eigenvalue weighted by Crippen LogP contribution is 2.15. The van der Waals surface area contributed by atoms with E-state index >= 15 is 0 Å². The van der Waals surface area contributed by atoms with Gasteiger partial charge in [-0.25, -0.2) is 4.98 Å². The third kappa shape index (κ3) is 5.25. The number of guanidine groups is 1. The number of pyridine rings is 1. The highest BCUT2D eigenvalue weighted by Gasteiger charge is 2.06. The van der Waals surface area contributed by atoms with Crippen LogP contribution in [0, 0.1) is 6.92 Å². The predicted octanol–water partition coefficient (Wildman–Crippen LogP) is 3.11. The fourth-order valence-corrected chi connectivity index (χ4v) is 2.88. The second-order valence-electron chi connectivity index (χ2n) is 5.12. The van der Waals surface area contributed by atoms with Crippen molar-refractivity contribution in [2.75, 3.05) is 13.7 Å². The molecule has 0 aliphatic heterocycles. The molecule has 0 aliphatic carbocycles. The van der Waals surface area contributed by atoms with E-state index in [1.54, 1.807) is 24.6 Å². The average molecular weight is 332 g/mol. The van der Waals surface area contributed by atoms with Crippen LogP contribution in [0.3, 0.4) is 0 Å². The summed E-state index contributed by atoms with van der Waals surface area (Å²) in [5.41, 5.74) is 2.33. The molecule has 124 valence electrons. The Kier molecular flexibility index (Phi) is 6.87. The average Bonchev–Trinajstić information content (AvgIpc) is 2.99. The number of thiophene rings is 1. The molecule has 6 heteroatoms. The van der Waals surface area contributed by atoms with E-state index in [2.05, 4.69) is 45.9 Å². The second-order valence-corrected chi connectivity index (χ2v) is 6.12. The quantitative estimate of drug-likeness (QED) is 0.604. The lowest BCUT2D eigenvalue weighted by Crippen LogP contribution is -2.36. The topological polar surface area (TPSA) is 58.5 Å². The summed E-state index contributed by atoms with van der Waals surface area (Å²) in [5, 5.41) is 8.75. The van der Waals surface area contributed by atoms with Crippen LogP contribution < -0.4 is 15.4 Å². The van der Waals surface area contributed by atoms with Crippen molar-refractivity contribution in [3.63, 3.8) is 0 Å². The Bertz CT molecular complexity index is 639. The Morgan fingerprint density at radius 1 is 1.30 bits per heavy atom. The van der Waals surface area contributed by atoms with Crippen molar-refractivity contribution < 1.29 is 4.74 Å². The molecule has 23 heavy (non-hydrogen) atoms. The van der Waals surface area contributed by atoms with E-state index in [1.807, 2.05) is 12.1 Å². The standard InChI is InChI=1S/C17H24N4OS/c1-4-9-22-16-14(6-5-8-19-16)11-20-17(18-3)21-12-15-13(2)7-10-23-15/h5-8,10H,4,9,11-12H2,1-3H3,(H2,18,20,21). The maximum absolute atomic E-state index is 5.68. The first-order valence-electron chi connectivity index (χ1n) is 7.78. The molecule has 0 unspecified atom stereocenters. The molecule has 0 radical (unpaired) electrons. The van der Waals surface area contributed by atoms with Gasteiger partial charge in [-0.1, -0.05) is 13.0 Å². The van der Waals surface area contributed by atoms with Crippen LogP contribution in [-0.2, 0) is 13.1 Å². The minimum atomic E-state index is 0.621. The van der Waals surface area contributed by atoms with Crippen LogP contribution in [0.15, 0.2) is 34.8 Å². The van der Waals surface area contributed by atoms with Gasteiger partial charge in [-0.05, 0) is 36.4 Å². The number of ether oxygens (including phenoxy) is 1. The van der Waals surface area contributed by atoms with Gasteiger partial charge in [-0.15, -0.1) is 11.3 Å². The van der Waals surface area contributed by atoms with Crippen LogP contribution in [-0.4, -0.2) is 24.6 Å². The minimum Gasteiger partial charge on any atom is -0.477 e. The zero-order chi connectivity index (χ0) is 16.5. The first kappa shape index (κ1) is 17.3. The molecule has 2 aromatic rings. The van der Waals surface area contributed by atoms with Crippen LogP contribution in [0.2, 0.25) is 0 Å². The molecule has 0 aliphatic rings. The van der Waals surface area contributed by atoms with Crippen molar-refractivity contribution in [1.29, 1.82) is 0 Å². The largest absolute Gasteiger partial charge is 0.477 e. The van der Waals surface area contributed by atoms with E-state index in [-0.39, 0.29) is 0 Å². The molecule has 2 rings (SSSR count). The summed E-state index contributed by atoms with van der Waals surface area (Å²) in [6.45, 7) is 6.27. The van der Waals surface area contributed by atoms with E-state index < -0.39 is 0 Å². The van der Waals surface area contributed by atoms with Gasteiger partial charge in [0.2, 0.25) is 5.88 Å². The Hall–Kier alpha value is -2.08. The Labute approximate surface area is 141 Å². The Morgan fingerprint density at radius 2 is 2.13 bits per heavy atom. The number of nitrogens with one attached hydrogen (secondary N) is 2. The summed E-state index contributed by atoms with van der Waals surface area (Å²) in [6, 6.07) is 6.06. The third-order valence-corrected chi connectivity index (χ3v) is 4.37. The van der Waals surface area contributed by atoms with E-state index in [4.69, 9.17) is 4.74 Å². The van der Waals surface area contributed by atoms with Gasteiger partial charge in [0.05, 0.1) is 13.2 Å². The molecule has 0 atom stereocenters. The monoisotopic (exact) mass is 332 g/mol. The van der Waals surface area contributed by atoms with Crippen LogP contribution in [0.25, 0.3) is 0 Å². The smallest absolute Gasteiger partial charge is 0.218 e. The highest BCUT2D eigenvalue weighted by atomic mass is 32.1. The van der Waals surface area contributed by atoms with Crippen molar-refractivity contribution in [3.05, 3.63) is 45.8 Å². The van der Waals surface area contributed by atoms with E-state index in [0.29, 0.717) is 19.0 Å². The molecule has 0 saturated heterocycles. The summed E-state index contributed by atoms with van der Waals surface area (Å²) in [7, 11) is 1.77. The molecule has 2 heterocycles. The summed E-state index contributed by atoms with van der Waals surface area (Å²) in [4.78, 5) is 9.88. The molecule has 0 bridgehead atoms. The SMILES string of the molecule is CCCOc1ncccc1CNC(=NC)NCc1sccc1C. The van der Waals surface area contributed by atoms with E-state index in [9.17, 15) is 0 Å². The summed E-state index contributed by atoms with van der Waals surface area (Å²) < 4.78 is 5.68. The van der Waals surface area contributed by atoms with Crippen molar-refractivity contribution in [3.8, 4) is 5.88 Å². The zero-order valence-electron chi connectivity index (χ0n) is 13.9. The number of aromatic nitrogens is 1. The molecule has 0 aromatic carbocycles. The maximum Gasteiger partial charge on any atom is 0.218 e. The molecule has 0 spiro atoms. The van der Waals surface area contributed by atoms with Crippen LogP contribution >= 0.6 is 11.3 Å². The minimum absolute atomic E-state index is 0.621. The van der Waals surface area contributed by atoms with Crippen molar-refractivity contribution in [1.82, 2.24) is 15.6 Å². The van der Waals surface area contributed by atoms with Crippen molar-refractivity contribution in [2.45, 2.75) is 33.4 Å². The Morgan fingerprint density at radius 3 is 2.83 bits per heavy atom. The number of aryl methyl sites for hydroxylation is 1. The molecule has 0 saturated carbocycles. The van der Waals surface area contributed by atoms with Gasteiger partial charge in [0.1, 0.15) is 0 Å².